The summed E-state index contributed by atoms with van der Waals surface area (Å²) < 4.78 is 11.2. The fraction of sp³-hybridized carbons (Fsp3) is 0.407. The van der Waals surface area contributed by atoms with Crippen molar-refractivity contribution in [1.29, 1.82) is 0 Å². The second-order valence-electron chi connectivity index (χ2n) is 9.35. The SMILES string of the molecule is CC1Cc2cc(/C(O)=C3\C(=O)C(=O)N(CCCN4CCOCC4)C3c3ccc(O)cc3)ccc2O1. The van der Waals surface area contributed by atoms with Crippen molar-refractivity contribution in [2.75, 3.05) is 39.4 Å². The van der Waals surface area contributed by atoms with E-state index >= 15 is 0 Å². The van der Waals surface area contributed by atoms with Crippen molar-refractivity contribution in [1.82, 2.24) is 9.80 Å². The molecule has 2 saturated heterocycles. The molecule has 2 N–H and O–H groups in total. The number of carbonyl (C=O) groups excluding carboxylic acids is 2. The highest BCUT2D eigenvalue weighted by atomic mass is 16.5. The maximum Gasteiger partial charge on any atom is 0.295 e. The van der Waals surface area contributed by atoms with Gasteiger partial charge in [0.25, 0.3) is 11.7 Å². The van der Waals surface area contributed by atoms with E-state index in [1.165, 1.54) is 12.1 Å². The van der Waals surface area contributed by atoms with Crippen molar-refractivity contribution in [2.45, 2.75) is 31.9 Å². The lowest BCUT2D eigenvalue weighted by molar-refractivity contribution is -0.140. The van der Waals surface area contributed by atoms with Crippen LogP contribution in [0.15, 0.2) is 48.0 Å². The molecule has 2 aromatic rings. The molecule has 5 rings (SSSR count). The first-order valence-corrected chi connectivity index (χ1v) is 12.1. The van der Waals surface area contributed by atoms with Gasteiger partial charge in [-0.25, -0.2) is 0 Å². The van der Waals surface area contributed by atoms with E-state index in [0.29, 0.717) is 43.7 Å². The van der Waals surface area contributed by atoms with Crippen LogP contribution in [-0.4, -0.2) is 77.2 Å². The third-order valence-electron chi connectivity index (χ3n) is 6.90. The topological polar surface area (TPSA) is 99.5 Å². The molecule has 0 aromatic heterocycles. The number of phenolic OH excluding ortho intramolecular Hbond substituents is 1. The van der Waals surface area contributed by atoms with E-state index in [1.807, 2.05) is 13.0 Å². The Hall–Kier alpha value is -3.36. The van der Waals surface area contributed by atoms with Gasteiger partial charge in [0.2, 0.25) is 0 Å². The van der Waals surface area contributed by atoms with E-state index in [4.69, 9.17) is 9.47 Å². The average Bonchev–Trinajstić information content (AvgIpc) is 3.36. The fourth-order valence-electron chi connectivity index (χ4n) is 5.13. The minimum atomic E-state index is -0.733. The summed E-state index contributed by atoms with van der Waals surface area (Å²) in [6.45, 7) is 6.23. The molecule has 184 valence electrons. The van der Waals surface area contributed by atoms with Gasteiger partial charge in [0, 0.05) is 38.2 Å². The molecular formula is C27H30N2O6. The molecule has 2 aromatic carbocycles. The number of phenols is 1. The zero-order valence-corrected chi connectivity index (χ0v) is 19.8. The van der Waals surface area contributed by atoms with E-state index < -0.39 is 17.7 Å². The molecular weight excluding hydrogens is 448 g/mol. The van der Waals surface area contributed by atoms with Crippen molar-refractivity contribution in [2.24, 2.45) is 0 Å². The number of ether oxygens (including phenoxy) is 2. The molecule has 2 fully saturated rings. The predicted octanol–water partition coefficient (Wildman–Crippen LogP) is 2.86. The fourth-order valence-corrected chi connectivity index (χ4v) is 5.13. The van der Waals surface area contributed by atoms with Crippen LogP contribution >= 0.6 is 0 Å². The summed E-state index contributed by atoms with van der Waals surface area (Å²) in [6.07, 6.45) is 1.46. The number of carbonyl (C=O) groups is 2. The number of hydrogen-bond donors (Lipinski definition) is 2. The summed E-state index contributed by atoms with van der Waals surface area (Å²) in [7, 11) is 0. The molecule has 0 bridgehead atoms. The zero-order chi connectivity index (χ0) is 24.5. The van der Waals surface area contributed by atoms with E-state index in [9.17, 15) is 19.8 Å². The molecule has 1 amide bonds. The smallest absolute Gasteiger partial charge is 0.295 e. The quantitative estimate of drug-likeness (QED) is 0.374. The number of Topliss-reactive ketones (excluding diaryl/α,β-unsaturated/α-hetero) is 1. The molecule has 0 spiro atoms. The molecule has 3 aliphatic heterocycles. The maximum absolute atomic E-state index is 13.2. The molecule has 0 radical (unpaired) electrons. The molecule has 2 atom stereocenters. The number of amides is 1. The summed E-state index contributed by atoms with van der Waals surface area (Å²) >= 11 is 0. The van der Waals surface area contributed by atoms with Crippen LogP contribution < -0.4 is 4.74 Å². The Morgan fingerprint density at radius 2 is 1.80 bits per heavy atom. The Bertz CT molecular complexity index is 1150. The highest BCUT2D eigenvalue weighted by molar-refractivity contribution is 6.46. The van der Waals surface area contributed by atoms with Crippen LogP contribution in [0.25, 0.3) is 5.76 Å². The van der Waals surface area contributed by atoms with Crippen LogP contribution in [0, 0.1) is 0 Å². The van der Waals surface area contributed by atoms with Crippen molar-refractivity contribution in [3.05, 3.63) is 64.7 Å². The Balaban J connectivity index is 1.47. The summed E-state index contributed by atoms with van der Waals surface area (Å²) in [6, 6.07) is 11.0. The normalized spacial score (nSPS) is 24.0. The Labute approximate surface area is 204 Å². The second kappa shape index (κ2) is 9.71. The minimum Gasteiger partial charge on any atom is -0.508 e. The molecule has 35 heavy (non-hydrogen) atoms. The Kier molecular flexibility index (Phi) is 6.49. The van der Waals surface area contributed by atoms with Crippen molar-refractivity contribution in [3.63, 3.8) is 0 Å². The van der Waals surface area contributed by atoms with Gasteiger partial charge in [0.05, 0.1) is 24.8 Å². The number of fused-ring (bicyclic) bond motifs is 1. The number of likely N-dealkylation sites (tertiary alicyclic amines) is 1. The van der Waals surface area contributed by atoms with Crippen molar-refractivity contribution < 1.29 is 29.3 Å². The Morgan fingerprint density at radius 3 is 2.54 bits per heavy atom. The molecule has 3 aliphatic rings. The summed E-state index contributed by atoms with van der Waals surface area (Å²) in [5, 5.41) is 21.1. The standard InChI is InChI=1S/C27H30N2O6/c1-17-15-20-16-19(5-8-22(20)35-17)25(31)23-24(18-3-6-21(30)7-4-18)29(27(33)26(23)32)10-2-9-28-11-13-34-14-12-28/h3-8,16-17,24,30-31H,2,9-15H2,1H3/b25-23+. The molecule has 8 heteroatoms. The molecule has 3 heterocycles. The number of rotatable bonds is 6. The van der Waals surface area contributed by atoms with Gasteiger partial charge in [0.15, 0.2) is 0 Å². The monoisotopic (exact) mass is 478 g/mol. The van der Waals surface area contributed by atoms with Gasteiger partial charge in [-0.2, -0.15) is 0 Å². The summed E-state index contributed by atoms with van der Waals surface area (Å²) in [5.74, 6) is -0.653. The van der Waals surface area contributed by atoms with Crippen LogP contribution in [0.2, 0.25) is 0 Å². The number of nitrogens with zero attached hydrogens (tertiary/aromatic N) is 2. The lowest BCUT2D eigenvalue weighted by Gasteiger charge is -2.29. The molecule has 2 unspecified atom stereocenters. The second-order valence-corrected chi connectivity index (χ2v) is 9.35. The van der Waals surface area contributed by atoms with Gasteiger partial charge in [0.1, 0.15) is 23.4 Å². The molecule has 0 saturated carbocycles. The molecule has 8 nitrogen and oxygen atoms in total. The van der Waals surface area contributed by atoms with Gasteiger partial charge in [-0.3, -0.25) is 14.5 Å². The lowest BCUT2D eigenvalue weighted by atomic mass is 9.94. The minimum absolute atomic E-state index is 0.0523. The number of ketones is 1. The number of aliphatic hydroxyl groups is 1. The van der Waals surface area contributed by atoms with Crippen molar-refractivity contribution >= 4 is 17.4 Å². The first-order valence-electron chi connectivity index (χ1n) is 12.1. The van der Waals surface area contributed by atoms with Gasteiger partial charge < -0.3 is 24.6 Å². The van der Waals surface area contributed by atoms with E-state index in [2.05, 4.69) is 4.90 Å². The zero-order valence-electron chi connectivity index (χ0n) is 19.8. The van der Waals surface area contributed by atoms with Gasteiger partial charge in [-0.15, -0.1) is 0 Å². The van der Waals surface area contributed by atoms with Crippen LogP contribution in [0.3, 0.4) is 0 Å². The first-order chi connectivity index (χ1) is 16.9. The third-order valence-corrected chi connectivity index (χ3v) is 6.90. The van der Waals surface area contributed by atoms with Crippen LogP contribution in [0.5, 0.6) is 11.5 Å². The maximum atomic E-state index is 13.2. The van der Waals surface area contributed by atoms with Crippen molar-refractivity contribution in [3.8, 4) is 11.5 Å². The van der Waals surface area contributed by atoms with Gasteiger partial charge in [-0.05, 0) is 54.8 Å². The third kappa shape index (κ3) is 4.63. The highest BCUT2D eigenvalue weighted by Gasteiger charge is 2.46. The number of aromatic hydroxyl groups is 1. The Morgan fingerprint density at radius 1 is 1.06 bits per heavy atom. The first kappa shape index (κ1) is 23.4. The van der Waals surface area contributed by atoms with E-state index in [0.717, 1.165) is 30.9 Å². The van der Waals surface area contributed by atoms with Crippen LogP contribution in [-0.2, 0) is 20.7 Å². The number of aliphatic hydroxyl groups excluding tert-OH is 1. The van der Waals surface area contributed by atoms with Gasteiger partial charge in [-0.1, -0.05) is 12.1 Å². The van der Waals surface area contributed by atoms with E-state index in [-0.39, 0.29) is 23.2 Å². The predicted molar refractivity (Wildman–Crippen MR) is 129 cm³/mol. The van der Waals surface area contributed by atoms with Gasteiger partial charge >= 0.3 is 0 Å². The largest absolute Gasteiger partial charge is 0.508 e. The number of benzene rings is 2. The summed E-state index contributed by atoms with van der Waals surface area (Å²) in [5.41, 5.74) is 2.17. The number of morpholine rings is 1. The molecule has 0 aliphatic carbocycles. The number of hydrogen-bond acceptors (Lipinski definition) is 7. The lowest BCUT2D eigenvalue weighted by Crippen LogP contribution is -2.38. The van der Waals surface area contributed by atoms with E-state index in [1.54, 1.807) is 29.2 Å². The average molecular weight is 479 g/mol. The highest BCUT2D eigenvalue weighted by Crippen LogP contribution is 2.41. The van der Waals surface area contributed by atoms with Crippen LogP contribution in [0.4, 0.5) is 0 Å². The van der Waals surface area contributed by atoms with Crippen LogP contribution in [0.1, 0.15) is 36.1 Å². The summed E-state index contributed by atoms with van der Waals surface area (Å²) in [4.78, 5) is 30.2.